The average Bonchev–Trinajstić information content (AvgIpc) is 3.22. The Labute approximate surface area is 160 Å². The second kappa shape index (κ2) is 8.01. The van der Waals surface area contributed by atoms with Gasteiger partial charge in [0.1, 0.15) is 0 Å². The van der Waals surface area contributed by atoms with E-state index in [0.29, 0.717) is 11.7 Å². The Kier molecular flexibility index (Phi) is 5.73. The maximum absolute atomic E-state index is 12.5. The monoisotopic (exact) mass is 388 g/mol. The Morgan fingerprint density at radius 3 is 2.96 bits per heavy atom. The van der Waals surface area contributed by atoms with Crippen LogP contribution in [0.2, 0.25) is 0 Å². The minimum absolute atomic E-state index is 0.0344. The summed E-state index contributed by atoms with van der Waals surface area (Å²) in [6.07, 6.45) is 1.99. The quantitative estimate of drug-likeness (QED) is 0.466. The molecule has 1 aromatic heterocycles. The largest absolute Gasteiger partial charge is 0.312 e. The van der Waals surface area contributed by atoms with Gasteiger partial charge in [-0.1, -0.05) is 35.2 Å². The Morgan fingerprint density at radius 2 is 2.23 bits per heavy atom. The summed E-state index contributed by atoms with van der Waals surface area (Å²) in [4.78, 5) is 26.6. The second-order valence-electron chi connectivity index (χ2n) is 6.14. The van der Waals surface area contributed by atoms with E-state index in [1.54, 1.807) is 11.0 Å². The van der Waals surface area contributed by atoms with Gasteiger partial charge in [-0.25, -0.2) is 0 Å². The molecule has 0 radical (unpaired) electrons. The van der Waals surface area contributed by atoms with Gasteiger partial charge in [-0.2, -0.15) is 0 Å². The summed E-state index contributed by atoms with van der Waals surface area (Å²) in [5.41, 5.74) is 3.14. The van der Waals surface area contributed by atoms with Crippen molar-refractivity contribution in [1.82, 2.24) is 10.2 Å². The van der Waals surface area contributed by atoms with Crippen LogP contribution in [0.5, 0.6) is 0 Å². The lowest BCUT2D eigenvalue weighted by Gasteiger charge is -2.17. The predicted octanol–water partition coefficient (Wildman–Crippen LogP) is 3.42. The van der Waals surface area contributed by atoms with E-state index in [-0.39, 0.29) is 18.2 Å². The molecule has 2 amide bonds. The van der Waals surface area contributed by atoms with Crippen LogP contribution in [0.25, 0.3) is 0 Å². The summed E-state index contributed by atoms with van der Waals surface area (Å²) in [5.74, 6) is 0.122. The molecule has 0 spiro atoms. The number of aryl methyl sites for hydroxylation is 2. The zero-order valence-corrected chi connectivity index (χ0v) is 16.3. The van der Waals surface area contributed by atoms with Gasteiger partial charge in [0.25, 0.3) is 0 Å². The molecule has 1 saturated heterocycles. The first-order valence-corrected chi connectivity index (χ1v) is 10.0. The molecular formula is C18H20N4O2S2. The second-order valence-corrected chi connectivity index (χ2v) is 8.38. The van der Waals surface area contributed by atoms with Gasteiger partial charge in [-0.3, -0.25) is 9.59 Å². The molecule has 6 nitrogen and oxygen atoms in total. The number of anilines is 2. The highest BCUT2D eigenvalue weighted by Gasteiger charge is 2.35. The maximum atomic E-state index is 12.5. The van der Waals surface area contributed by atoms with Crippen LogP contribution in [0.3, 0.4) is 0 Å². The van der Waals surface area contributed by atoms with Crippen molar-refractivity contribution in [2.24, 2.45) is 5.92 Å². The van der Waals surface area contributed by atoms with Gasteiger partial charge >= 0.3 is 0 Å². The molecule has 1 aliphatic rings. The van der Waals surface area contributed by atoms with E-state index in [2.05, 4.69) is 22.1 Å². The Hall–Kier alpha value is -2.19. The first-order valence-electron chi connectivity index (χ1n) is 8.23. The SMILES string of the molecule is C=CCSc1nnc(NC(=O)[C@H]2CC(=O)N(c3ccc(C)c(C)c3)C2)s1. The van der Waals surface area contributed by atoms with Crippen molar-refractivity contribution in [3.63, 3.8) is 0 Å². The van der Waals surface area contributed by atoms with Crippen LogP contribution in [0.15, 0.2) is 35.2 Å². The summed E-state index contributed by atoms with van der Waals surface area (Å²) >= 11 is 2.84. The number of benzene rings is 1. The number of hydrogen-bond acceptors (Lipinski definition) is 6. The lowest BCUT2D eigenvalue weighted by molar-refractivity contribution is -0.122. The van der Waals surface area contributed by atoms with Crippen molar-refractivity contribution in [1.29, 1.82) is 0 Å². The smallest absolute Gasteiger partial charge is 0.231 e. The molecule has 136 valence electrons. The van der Waals surface area contributed by atoms with Gasteiger partial charge in [-0.15, -0.1) is 16.8 Å². The Bertz CT molecular complexity index is 849. The summed E-state index contributed by atoms with van der Waals surface area (Å²) in [6.45, 7) is 8.09. The van der Waals surface area contributed by atoms with Gasteiger partial charge in [-0.05, 0) is 37.1 Å². The molecule has 0 saturated carbocycles. The van der Waals surface area contributed by atoms with Gasteiger partial charge in [0.05, 0.1) is 5.92 Å². The van der Waals surface area contributed by atoms with Gasteiger partial charge in [0.15, 0.2) is 4.34 Å². The standard InChI is InChI=1S/C18H20N4O2S2/c1-4-7-25-18-21-20-17(26-18)19-16(24)13-9-15(23)22(10-13)14-6-5-11(2)12(3)8-14/h4-6,8,13H,1,7,9-10H2,2-3H3,(H,19,20,24)/t13-/m0/s1. The van der Waals surface area contributed by atoms with Crippen LogP contribution >= 0.6 is 23.1 Å². The van der Waals surface area contributed by atoms with Gasteiger partial charge < -0.3 is 10.2 Å². The van der Waals surface area contributed by atoms with E-state index in [1.165, 1.54) is 28.7 Å². The molecule has 1 atom stereocenters. The maximum Gasteiger partial charge on any atom is 0.231 e. The van der Waals surface area contributed by atoms with E-state index < -0.39 is 5.92 Å². The van der Waals surface area contributed by atoms with E-state index in [0.717, 1.165) is 21.3 Å². The van der Waals surface area contributed by atoms with Crippen LogP contribution < -0.4 is 10.2 Å². The summed E-state index contributed by atoms with van der Waals surface area (Å²) in [7, 11) is 0. The number of carbonyl (C=O) groups excluding carboxylic acids is 2. The summed E-state index contributed by atoms with van der Waals surface area (Å²) < 4.78 is 0.777. The first-order chi connectivity index (χ1) is 12.5. The molecule has 3 rings (SSSR count). The minimum atomic E-state index is -0.391. The number of nitrogens with one attached hydrogen (secondary N) is 1. The lowest BCUT2D eigenvalue weighted by atomic mass is 10.1. The summed E-state index contributed by atoms with van der Waals surface area (Å²) in [5, 5.41) is 11.2. The van der Waals surface area contributed by atoms with Crippen LogP contribution in [-0.2, 0) is 9.59 Å². The number of hydrogen-bond donors (Lipinski definition) is 1. The highest BCUT2D eigenvalue weighted by atomic mass is 32.2. The van der Waals surface area contributed by atoms with Gasteiger partial charge in [0, 0.05) is 24.4 Å². The number of nitrogens with zero attached hydrogens (tertiary/aromatic N) is 3. The lowest BCUT2D eigenvalue weighted by Crippen LogP contribution is -2.28. The minimum Gasteiger partial charge on any atom is -0.312 e. The molecule has 1 aromatic carbocycles. The van der Waals surface area contributed by atoms with Crippen molar-refractivity contribution in [3.05, 3.63) is 42.0 Å². The number of amides is 2. The van der Waals surface area contributed by atoms with Crippen molar-refractivity contribution in [2.75, 3.05) is 22.5 Å². The van der Waals surface area contributed by atoms with Crippen molar-refractivity contribution in [2.45, 2.75) is 24.6 Å². The third-order valence-electron chi connectivity index (χ3n) is 4.26. The fourth-order valence-electron chi connectivity index (χ4n) is 2.68. The topological polar surface area (TPSA) is 75.2 Å². The number of carbonyl (C=O) groups is 2. The van der Waals surface area contributed by atoms with E-state index >= 15 is 0 Å². The van der Waals surface area contributed by atoms with Crippen LogP contribution in [-0.4, -0.2) is 34.3 Å². The molecule has 1 fully saturated rings. The zero-order chi connectivity index (χ0) is 18.7. The van der Waals surface area contributed by atoms with Crippen LogP contribution in [0, 0.1) is 19.8 Å². The van der Waals surface area contributed by atoms with E-state index in [9.17, 15) is 9.59 Å². The Balaban J connectivity index is 1.64. The molecule has 2 heterocycles. The Morgan fingerprint density at radius 1 is 1.42 bits per heavy atom. The van der Waals surface area contributed by atoms with Crippen molar-refractivity contribution in [3.8, 4) is 0 Å². The molecule has 0 aliphatic carbocycles. The highest BCUT2D eigenvalue weighted by Crippen LogP contribution is 2.29. The fraction of sp³-hybridized carbons (Fsp3) is 0.333. The fourth-order valence-corrected chi connectivity index (χ4v) is 4.20. The molecule has 8 heteroatoms. The average molecular weight is 389 g/mol. The van der Waals surface area contributed by atoms with Gasteiger partial charge in [0.2, 0.25) is 16.9 Å². The first kappa shape index (κ1) is 18.6. The van der Waals surface area contributed by atoms with Crippen LogP contribution in [0.1, 0.15) is 17.5 Å². The molecular weight excluding hydrogens is 368 g/mol. The van der Waals surface area contributed by atoms with E-state index in [1.807, 2.05) is 32.0 Å². The predicted molar refractivity (Wildman–Crippen MR) is 106 cm³/mol. The third-order valence-corrected chi connectivity index (χ3v) is 6.23. The normalized spacial score (nSPS) is 16.8. The highest BCUT2D eigenvalue weighted by molar-refractivity contribution is 8.01. The van der Waals surface area contributed by atoms with E-state index in [4.69, 9.17) is 0 Å². The zero-order valence-electron chi connectivity index (χ0n) is 14.7. The molecule has 2 aromatic rings. The van der Waals surface area contributed by atoms with Crippen molar-refractivity contribution < 1.29 is 9.59 Å². The van der Waals surface area contributed by atoms with Crippen molar-refractivity contribution >= 4 is 45.7 Å². The number of aromatic nitrogens is 2. The van der Waals surface area contributed by atoms with Crippen LogP contribution in [0.4, 0.5) is 10.8 Å². The number of rotatable bonds is 6. The molecule has 0 unspecified atom stereocenters. The third kappa shape index (κ3) is 4.13. The molecule has 1 aliphatic heterocycles. The number of thioether (sulfide) groups is 1. The summed E-state index contributed by atoms with van der Waals surface area (Å²) in [6, 6.07) is 5.91. The molecule has 0 bridgehead atoms. The molecule has 1 N–H and O–H groups in total. The molecule has 26 heavy (non-hydrogen) atoms.